The largest absolute Gasteiger partial charge is 0.493 e. The number of benzene rings is 1. The number of methoxy groups -OCH3 is 1. The quantitative estimate of drug-likeness (QED) is 0.795. The van der Waals surface area contributed by atoms with E-state index in [1.807, 2.05) is 26.0 Å². The maximum atomic E-state index is 10.8. The molecule has 0 aliphatic rings. The number of carboxylic acids is 1. The smallest absolute Gasteiger partial charge is 0.320 e. The molecule has 0 aliphatic heterocycles. The van der Waals surface area contributed by atoms with Crippen LogP contribution in [0.1, 0.15) is 26.3 Å². The fourth-order valence-electron chi connectivity index (χ4n) is 1.57. The van der Waals surface area contributed by atoms with Gasteiger partial charge in [0.2, 0.25) is 0 Å². The third-order valence-corrected chi connectivity index (χ3v) is 3.40. The molecule has 5 nitrogen and oxygen atoms in total. The first-order chi connectivity index (χ1) is 9.35. The molecule has 0 radical (unpaired) electrons. The van der Waals surface area contributed by atoms with Crippen molar-refractivity contribution in [2.75, 3.05) is 7.11 Å². The van der Waals surface area contributed by atoms with Gasteiger partial charge in [0.1, 0.15) is 6.04 Å². The van der Waals surface area contributed by atoms with Gasteiger partial charge in [0, 0.05) is 11.0 Å². The molecular weight excluding hydrogens is 326 g/mol. The van der Waals surface area contributed by atoms with Crippen molar-refractivity contribution in [3.05, 3.63) is 22.2 Å². The zero-order valence-corrected chi connectivity index (χ0v) is 13.7. The van der Waals surface area contributed by atoms with Crippen LogP contribution in [0.5, 0.6) is 11.5 Å². The van der Waals surface area contributed by atoms with E-state index in [2.05, 4.69) is 21.2 Å². The Labute approximate surface area is 127 Å². The lowest BCUT2D eigenvalue weighted by molar-refractivity contribution is -0.139. The Morgan fingerprint density at radius 3 is 2.50 bits per heavy atom. The zero-order valence-electron chi connectivity index (χ0n) is 12.1. The SMILES string of the molecule is COc1cc(CNC(C)C(=O)O)c(Br)cc1OC(C)C. The minimum absolute atomic E-state index is 0.0480. The second-order valence-corrected chi connectivity index (χ2v) is 5.56. The van der Waals surface area contributed by atoms with Gasteiger partial charge in [-0.1, -0.05) is 15.9 Å². The molecule has 2 N–H and O–H groups in total. The molecule has 20 heavy (non-hydrogen) atoms. The van der Waals surface area contributed by atoms with Crippen molar-refractivity contribution in [3.63, 3.8) is 0 Å². The Kier molecular flexibility index (Phi) is 6.29. The zero-order chi connectivity index (χ0) is 15.3. The van der Waals surface area contributed by atoms with Gasteiger partial charge in [-0.15, -0.1) is 0 Å². The van der Waals surface area contributed by atoms with Crippen LogP contribution in [0.15, 0.2) is 16.6 Å². The summed E-state index contributed by atoms with van der Waals surface area (Å²) in [6.07, 6.45) is 0.0480. The molecule has 0 saturated heterocycles. The van der Waals surface area contributed by atoms with E-state index in [9.17, 15) is 4.79 Å². The number of carboxylic acid groups (broad SMARTS) is 1. The van der Waals surface area contributed by atoms with Gasteiger partial charge >= 0.3 is 5.97 Å². The van der Waals surface area contributed by atoms with Crippen LogP contribution in [-0.4, -0.2) is 30.3 Å². The normalized spacial score (nSPS) is 12.3. The Morgan fingerprint density at radius 1 is 1.35 bits per heavy atom. The standard InChI is InChI=1S/C14H20BrNO4/c1-8(2)20-13-6-11(15)10(5-12(13)19-4)7-16-9(3)14(17)18/h5-6,8-9,16H,7H2,1-4H3,(H,17,18). The second-order valence-electron chi connectivity index (χ2n) is 4.70. The molecule has 1 unspecified atom stereocenters. The number of carbonyl (C=O) groups is 1. The molecule has 112 valence electrons. The van der Waals surface area contributed by atoms with Crippen LogP contribution >= 0.6 is 15.9 Å². The van der Waals surface area contributed by atoms with Gasteiger partial charge in [-0.3, -0.25) is 4.79 Å². The average molecular weight is 346 g/mol. The molecule has 0 fully saturated rings. The molecular formula is C14H20BrNO4. The summed E-state index contributed by atoms with van der Waals surface area (Å²) in [7, 11) is 1.58. The minimum atomic E-state index is -0.882. The summed E-state index contributed by atoms with van der Waals surface area (Å²) >= 11 is 3.46. The fourth-order valence-corrected chi connectivity index (χ4v) is 2.03. The number of rotatable bonds is 7. The van der Waals surface area contributed by atoms with Gasteiger partial charge in [-0.05, 0) is 38.5 Å². The highest BCUT2D eigenvalue weighted by Gasteiger charge is 2.14. The summed E-state index contributed by atoms with van der Waals surface area (Å²) in [6, 6.07) is 3.06. The summed E-state index contributed by atoms with van der Waals surface area (Å²) in [5.41, 5.74) is 0.908. The van der Waals surface area contributed by atoms with Crippen LogP contribution in [0.2, 0.25) is 0 Å². The number of nitrogens with one attached hydrogen (secondary N) is 1. The van der Waals surface area contributed by atoms with Crippen molar-refractivity contribution >= 4 is 21.9 Å². The Balaban J connectivity index is 2.90. The van der Waals surface area contributed by atoms with E-state index in [4.69, 9.17) is 14.6 Å². The van der Waals surface area contributed by atoms with E-state index in [-0.39, 0.29) is 6.10 Å². The molecule has 1 rings (SSSR count). The van der Waals surface area contributed by atoms with Gasteiger partial charge in [0.15, 0.2) is 11.5 Å². The first-order valence-electron chi connectivity index (χ1n) is 6.34. The molecule has 1 atom stereocenters. The van der Waals surface area contributed by atoms with Crippen molar-refractivity contribution in [1.82, 2.24) is 5.32 Å². The van der Waals surface area contributed by atoms with Gasteiger partial charge in [-0.2, -0.15) is 0 Å². The summed E-state index contributed by atoms with van der Waals surface area (Å²) in [5, 5.41) is 11.8. The fraction of sp³-hybridized carbons (Fsp3) is 0.500. The molecule has 1 aromatic carbocycles. The van der Waals surface area contributed by atoms with E-state index >= 15 is 0 Å². The number of halogens is 1. The summed E-state index contributed by atoms with van der Waals surface area (Å²) in [6.45, 7) is 5.91. The highest BCUT2D eigenvalue weighted by molar-refractivity contribution is 9.10. The van der Waals surface area contributed by atoms with E-state index in [1.54, 1.807) is 14.0 Å². The lowest BCUT2D eigenvalue weighted by Gasteiger charge is -2.17. The summed E-state index contributed by atoms with van der Waals surface area (Å²) in [4.78, 5) is 10.8. The number of aliphatic carboxylic acids is 1. The van der Waals surface area contributed by atoms with E-state index in [0.29, 0.717) is 18.0 Å². The molecule has 0 amide bonds. The highest BCUT2D eigenvalue weighted by atomic mass is 79.9. The first kappa shape index (κ1) is 16.8. The number of hydrogen-bond acceptors (Lipinski definition) is 4. The molecule has 0 heterocycles. The van der Waals surface area contributed by atoms with Crippen molar-refractivity contribution in [3.8, 4) is 11.5 Å². The maximum absolute atomic E-state index is 10.8. The van der Waals surface area contributed by atoms with Crippen LogP contribution in [0.25, 0.3) is 0 Å². The average Bonchev–Trinajstić information content (AvgIpc) is 2.36. The lowest BCUT2D eigenvalue weighted by atomic mass is 10.2. The Morgan fingerprint density at radius 2 is 2.00 bits per heavy atom. The first-order valence-corrected chi connectivity index (χ1v) is 7.13. The molecule has 0 saturated carbocycles. The van der Waals surface area contributed by atoms with Gasteiger partial charge in [-0.25, -0.2) is 0 Å². The molecule has 1 aromatic rings. The van der Waals surface area contributed by atoms with Crippen LogP contribution in [0.3, 0.4) is 0 Å². The van der Waals surface area contributed by atoms with Gasteiger partial charge in [0.05, 0.1) is 13.2 Å². The molecule has 0 aromatic heterocycles. The van der Waals surface area contributed by atoms with Crippen molar-refractivity contribution in [2.45, 2.75) is 39.5 Å². The lowest BCUT2D eigenvalue weighted by Crippen LogP contribution is -2.33. The van der Waals surface area contributed by atoms with Gasteiger partial charge < -0.3 is 19.9 Å². The topological polar surface area (TPSA) is 67.8 Å². The van der Waals surface area contributed by atoms with Gasteiger partial charge in [0.25, 0.3) is 0 Å². The Bertz CT molecular complexity index is 476. The van der Waals surface area contributed by atoms with Crippen LogP contribution in [0, 0.1) is 0 Å². The van der Waals surface area contributed by atoms with E-state index < -0.39 is 12.0 Å². The third kappa shape index (κ3) is 4.68. The number of ether oxygens (including phenoxy) is 2. The highest BCUT2D eigenvalue weighted by Crippen LogP contribution is 2.34. The molecule has 6 heteroatoms. The monoisotopic (exact) mass is 345 g/mol. The van der Waals surface area contributed by atoms with Crippen molar-refractivity contribution in [1.29, 1.82) is 0 Å². The number of hydrogen-bond donors (Lipinski definition) is 2. The van der Waals surface area contributed by atoms with Crippen molar-refractivity contribution < 1.29 is 19.4 Å². The second kappa shape index (κ2) is 7.50. The summed E-state index contributed by atoms with van der Waals surface area (Å²) in [5.74, 6) is 0.402. The van der Waals surface area contributed by atoms with Crippen molar-refractivity contribution in [2.24, 2.45) is 0 Å². The van der Waals surface area contributed by atoms with Crippen LogP contribution in [-0.2, 0) is 11.3 Å². The van der Waals surface area contributed by atoms with E-state index in [0.717, 1.165) is 10.0 Å². The van der Waals surface area contributed by atoms with E-state index in [1.165, 1.54) is 0 Å². The third-order valence-electron chi connectivity index (χ3n) is 2.66. The minimum Gasteiger partial charge on any atom is -0.493 e. The summed E-state index contributed by atoms with van der Waals surface area (Å²) < 4.78 is 11.8. The molecule has 0 aliphatic carbocycles. The predicted octanol–water partition coefficient (Wildman–Crippen LogP) is 2.81. The molecule has 0 bridgehead atoms. The molecule has 0 spiro atoms. The van der Waals surface area contributed by atoms with Crippen LogP contribution < -0.4 is 14.8 Å². The maximum Gasteiger partial charge on any atom is 0.320 e. The van der Waals surface area contributed by atoms with Crippen LogP contribution in [0.4, 0.5) is 0 Å². The predicted molar refractivity (Wildman–Crippen MR) is 80.4 cm³/mol. The Hall–Kier alpha value is -1.27.